The Hall–Kier alpha value is -17.7. The molecule has 0 unspecified atom stereocenters. The Morgan fingerprint density at radius 2 is 0.333 bits per heavy atom. The van der Waals surface area contributed by atoms with Gasteiger partial charge < -0.3 is 0 Å². The minimum absolute atomic E-state index is 0.655. The number of pyridine rings is 3. The number of benzene rings is 18. The molecule has 8 aromatic heterocycles. The molecule has 26 aromatic rings. The molecule has 0 aliphatic rings. The smallest absolute Gasteiger partial charge is 0.164 e. The van der Waals surface area contributed by atoms with Crippen molar-refractivity contribution in [2.45, 2.75) is 0 Å². The first-order valence-corrected chi connectivity index (χ1v) is 51.4. The Balaban J connectivity index is 0.000000107. The molecule has 144 heavy (non-hydrogen) atoms. The molecule has 0 atom stereocenters. The lowest BCUT2D eigenvalue weighted by atomic mass is 9.95. The van der Waals surface area contributed by atoms with Gasteiger partial charge in [0.25, 0.3) is 0 Å². The van der Waals surface area contributed by atoms with Crippen LogP contribution in [0.25, 0.3) is 239 Å². The molecule has 26 rings (SSSR count). The number of fused-ring (bicyclic) bond motifs is 4. The van der Waals surface area contributed by atoms with Gasteiger partial charge in [0.15, 0.2) is 17.5 Å². The van der Waals surface area contributed by atoms with Crippen molar-refractivity contribution in [1.82, 2.24) is 29.9 Å². The first-order chi connectivity index (χ1) is 71.5. The van der Waals surface area contributed by atoms with E-state index in [1.165, 1.54) is 182 Å². The van der Waals surface area contributed by atoms with Crippen LogP contribution in [0.15, 0.2) is 547 Å². The van der Waals surface area contributed by atoms with Crippen LogP contribution in [0.4, 0.5) is 0 Å². The van der Waals surface area contributed by atoms with Crippen LogP contribution in [0, 0.1) is 0 Å². The van der Waals surface area contributed by atoms with Crippen LogP contribution in [0.5, 0.6) is 0 Å². The molecule has 0 radical (unpaired) electrons. The number of rotatable bonds is 18. The number of hydrogen-bond acceptors (Lipinski definition) is 10. The summed E-state index contributed by atoms with van der Waals surface area (Å²) >= 11 is 7.45. The lowest BCUT2D eigenvalue weighted by Crippen LogP contribution is -2.00. The Bertz CT molecular complexity index is 8010. The molecule has 0 N–H and O–H groups in total. The molecule has 0 saturated heterocycles. The minimum Gasteiger partial charge on any atom is -0.265 e. The number of aromatic nitrogens is 6. The monoisotopic (exact) mass is 1910 g/mol. The maximum atomic E-state index is 5.07. The fraction of sp³-hybridized carbons (Fsp3) is 0. The topological polar surface area (TPSA) is 77.3 Å². The second kappa shape index (κ2) is 42.1. The molecule has 0 saturated carbocycles. The van der Waals surface area contributed by atoms with Gasteiger partial charge in [0, 0.05) is 185 Å². The largest absolute Gasteiger partial charge is 0.265 e. The summed E-state index contributed by atoms with van der Waals surface area (Å²) in [5.74, 6) is 1.97. The Morgan fingerprint density at radius 1 is 0.125 bits per heavy atom. The van der Waals surface area contributed by atoms with Crippen molar-refractivity contribution in [3.63, 3.8) is 0 Å². The molecule has 10 heteroatoms. The summed E-state index contributed by atoms with van der Waals surface area (Å²) in [4.78, 5) is 38.5. The van der Waals surface area contributed by atoms with Crippen molar-refractivity contribution in [3.8, 4) is 196 Å². The second-order valence-corrected chi connectivity index (χ2v) is 38.9. The van der Waals surface area contributed by atoms with E-state index in [0.29, 0.717) is 17.5 Å². The van der Waals surface area contributed by atoms with E-state index in [0.717, 1.165) is 39.1 Å². The summed E-state index contributed by atoms with van der Waals surface area (Å²) in [7, 11) is 0. The van der Waals surface area contributed by atoms with Crippen LogP contribution in [-0.4, -0.2) is 29.9 Å². The Labute approximate surface area is 853 Å². The van der Waals surface area contributed by atoms with E-state index < -0.39 is 0 Å². The van der Waals surface area contributed by atoms with E-state index in [2.05, 4.69) is 452 Å². The van der Waals surface area contributed by atoms with Gasteiger partial charge in [-0.1, -0.05) is 485 Å². The first-order valence-electron chi connectivity index (χ1n) is 48.2. The van der Waals surface area contributed by atoms with E-state index in [1.807, 2.05) is 155 Å². The Morgan fingerprint density at radius 3 is 0.604 bits per heavy atom. The van der Waals surface area contributed by atoms with E-state index in [-0.39, 0.29) is 0 Å². The van der Waals surface area contributed by atoms with E-state index >= 15 is 0 Å². The molecular weight excluding hydrogens is 1820 g/mol. The molecule has 0 bridgehead atoms. The SMILES string of the molecule is c1ccc(-c2ccccc2-c2sc(-c3ccccc3-c3ccccn3)c3ccccc23)cc1.c1ccc(-c2ccccc2-c2sc(-c3ccccc3-c3cccnc3)c3ccccc23)cc1.c1ccc(-c2ccccc2-c2sc(-c3ccccc3-c3ccncc3)c3ccccc23)cc1.c1ccc(-c2nc(-c3ccccc3)nc(-c3ccccc3-c3sc(-c4ccccc4-c4ccccc4)c4ccccc34)n2)cc1. The fourth-order valence-corrected chi connectivity index (χ4v) is 24.7. The second-order valence-electron chi connectivity index (χ2n) is 34.8. The third-order valence-electron chi connectivity index (χ3n) is 26.0. The van der Waals surface area contributed by atoms with Gasteiger partial charge in [0.05, 0.1) is 5.69 Å². The molecule has 0 fully saturated rings. The zero-order valence-electron chi connectivity index (χ0n) is 78.3. The summed E-state index contributed by atoms with van der Waals surface area (Å²) in [5.41, 5.74) is 29.6. The number of nitrogens with zero attached hydrogens (tertiary/aromatic N) is 6. The van der Waals surface area contributed by atoms with Crippen molar-refractivity contribution in [3.05, 3.63) is 547 Å². The molecule has 680 valence electrons. The van der Waals surface area contributed by atoms with E-state index in [1.54, 1.807) is 0 Å². The molecule has 6 nitrogen and oxygen atoms in total. The molecule has 0 spiro atoms. The maximum absolute atomic E-state index is 5.07. The number of thiophene rings is 4. The standard InChI is InChI=1S/C41H27N3S.3C31H21NS/c1-4-16-28(17-5-1)31-22-10-11-23-32(31)37-33-24-12-13-25-34(33)38(45-37)35-26-14-15-27-36(35)41-43-39(29-18-6-2-7-19-29)42-40(44-41)30-20-8-3-9-21-30;1-2-12-22(13-3-1)23-14-4-6-16-25(23)30-27-18-8-9-19-28(27)31(33-30)26-17-7-5-15-24(26)29-20-10-11-21-32-29;1-2-11-22(12-3-1)24-14-4-6-16-26(24)30-28-18-8-9-19-29(28)31(33-30)27-17-7-5-15-25(27)23-13-10-20-32-21-23;1-2-10-22(11-3-1)24-12-4-6-14-26(24)30-28-16-8-9-17-29(28)31(33-30)27-15-7-5-13-25(27)23-18-20-32-21-19-23/h1-27H;3*1-21H. The van der Waals surface area contributed by atoms with Gasteiger partial charge in [-0.3, -0.25) is 15.0 Å². The summed E-state index contributed by atoms with van der Waals surface area (Å²) < 4.78 is 0. The highest BCUT2D eigenvalue weighted by molar-refractivity contribution is 7.22. The highest BCUT2D eigenvalue weighted by Crippen LogP contribution is 2.55. The first kappa shape index (κ1) is 90.1. The lowest BCUT2D eigenvalue weighted by molar-refractivity contribution is 1.07. The van der Waals surface area contributed by atoms with Gasteiger partial charge in [0.1, 0.15) is 0 Å². The van der Waals surface area contributed by atoms with Crippen molar-refractivity contribution in [1.29, 1.82) is 0 Å². The minimum atomic E-state index is 0.655. The quantitative estimate of drug-likeness (QED) is 0.0852. The molecule has 18 aromatic carbocycles. The van der Waals surface area contributed by atoms with Crippen molar-refractivity contribution >= 4 is 88.4 Å². The van der Waals surface area contributed by atoms with Gasteiger partial charge in [-0.15, -0.1) is 45.3 Å². The highest BCUT2D eigenvalue weighted by atomic mass is 32.1. The van der Waals surface area contributed by atoms with Crippen molar-refractivity contribution < 1.29 is 0 Å². The lowest BCUT2D eigenvalue weighted by Gasteiger charge is -2.11. The average molecular weight is 1910 g/mol. The summed E-state index contributed by atoms with van der Waals surface area (Å²) in [6.45, 7) is 0. The van der Waals surface area contributed by atoms with Gasteiger partial charge >= 0.3 is 0 Å². The van der Waals surface area contributed by atoms with Crippen LogP contribution in [-0.2, 0) is 0 Å². The molecule has 0 aliphatic heterocycles. The van der Waals surface area contributed by atoms with Crippen LogP contribution >= 0.6 is 45.3 Å². The predicted octanol–water partition coefficient (Wildman–Crippen LogP) is 38.0. The van der Waals surface area contributed by atoms with Gasteiger partial charge in [-0.2, -0.15) is 0 Å². The van der Waals surface area contributed by atoms with Crippen LogP contribution in [0.3, 0.4) is 0 Å². The fourth-order valence-electron chi connectivity index (χ4n) is 19.3. The molecule has 8 heterocycles. The summed E-state index contributed by atoms with van der Waals surface area (Å²) in [5, 5.41) is 10.2. The van der Waals surface area contributed by atoms with E-state index in [9.17, 15) is 0 Å². The van der Waals surface area contributed by atoms with Gasteiger partial charge in [0.2, 0.25) is 0 Å². The number of hydrogen-bond donors (Lipinski definition) is 0. The van der Waals surface area contributed by atoms with E-state index in [4.69, 9.17) is 15.0 Å². The van der Waals surface area contributed by atoms with Crippen LogP contribution in [0.2, 0.25) is 0 Å². The van der Waals surface area contributed by atoms with Crippen LogP contribution < -0.4 is 0 Å². The Kier molecular flexibility index (Phi) is 26.4. The average Bonchev–Trinajstić information content (AvgIpc) is 1.62. The molecule has 0 aliphatic carbocycles. The third-order valence-corrected chi connectivity index (χ3v) is 31.2. The van der Waals surface area contributed by atoms with Gasteiger partial charge in [-0.25, -0.2) is 15.0 Å². The van der Waals surface area contributed by atoms with Gasteiger partial charge in [-0.05, 0) is 91.5 Å². The highest BCUT2D eigenvalue weighted by Gasteiger charge is 2.27. The third kappa shape index (κ3) is 18.6. The predicted molar refractivity (Wildman–Crippen MR) is 612 cm³/mol. The summed E-state index contributed by atoms with van der Waals surface area (Å²) in [6, 6.07) is 182. The molecule has 0 amide bonds. The zero-order valence-corrected chi connectivity index (χ0v) is 81.5. The van der Waals surface area contributed by atoms with Crippen molar-refractivity contribution in [2.24, 2.45) is 0 Å². The zero-order chi connectivity index (χ0) is 96.1. The molecular formula is C134H90N6S4. The normalized spacial score (nSPS) is 11.1. The van der Waals surface area contributed by atoms with Crippen LogP contribution in [0.1, 0.15) is 0 Å². The summed E-state index contributed by atoms with van der Waals surface area (Å²) in [6.07, 6.45) is 9.35. The van der Waals surface area contributed by atoms with Crippen molar-refractivity contribution in [2.75, 3.05) is 0 Å². The maximum Gasteiger partial charge on any atom is 0.164 e.